The molecule has 1 radical (unpaired) electrons. The zero-order valence-electron chi connectivity index (χ0n) is 13.5. The Labute approximate surface area is 149 Å². The molecule has 0 saturated heterocycles. The molecule has 26 heavy (non-hydrogen) atoms. The molecule has 0 atom stereocenters. The Morgan fingerprint density at radius 3 is 2.04 bits per heavy atom. The first-order valence-corrected chi connectivity index (χ1v) is 7.74. The van der Waals surface area contributed by atoms with Gasteiger partial charge in [0.2, 0.25) is 6.29 Å². The SMILES string of the molecule is O=[C]c1ccccc1C(=O)c1ccccc1OC(=O)Oc1ccccc1. The molecule has 0 saturated carbocycles. The molecule has 127 valence electrons. The Morgan fingerprint density at radius 1 is 0.692 bits per heavy atom. The molecule has 0 aromatic heterocycles. The molecule has 5 heteroatoms. The fourth-order valence-corrected chi connectivity index (χ4v) is 2.35. The number of rotatable bonds is 5. The maximum absolute atomic E-state index is 12.8. The Balaban J connectivity index is 1.85. The lowest BCUT2D eigenvalue weighted by molar-refractivity contribution is 0.103. The van der Waals surface area contributed by atoms with Crippen molar-refractivity contribution < 1.29 is 23.9 Å². The highest BCUT2D eigenvalue weighted by Crippen LogP contribution is 2.23. The summed E-state index contributed by atoms with van der Waals surface area (Å²) < 4.78 is 10.3. The van der Waals surface area contributed by atoms with Crippen LogP contribution in [0.15, 0.2) is 78.9 Å². The first-order valence-electron chi connectivity index (χ1n) is 7.74. The molecule has 0 heterocycles. The topological polar surface area (TPSA) is 69.7 Å². The van der Waals surface area contributed by atoms with Crippen LogP contribution in [0.2, 0.25) is 0 Å². The molecule has 0 aliphatic rings. The van der Waals surface area contributed by atoms with Crippen molar-refractivity contribution >= 4 is 18.2 Å². The molecule has 0 N–H and O–H groups in total. The molecule has 3 aromatic rings. The lowest BCUT2D eigenvalue weighted by atomic mass is 9.98. The second-order valence-corrected chi connectivity index (χ2v) is 5.24. The molecule has 0 fully saturated rings. The van der Waals surface area contributed by atoms with Crippen molar-refractivity contribution in [1.82, 2.24) is 0 Å². The molecular weight excluding hydrogens is 332 g/mol. The van der Waals surface area contributed by atoms with E-state index < -0.39 is 11.9 Å². The van der Waals surface area contributed by atoms with Crippen LogP contribution in [0.4, 0.5) is 4.79 Å². The van der Waals surface area contributed by atoms with E-state index in [9.17, 15) is 14.4 Å². The number of hydrogen-bond acceptors (Lipinski definition) is 5. The van der Waals surface area contributed by atoms with E-state index in [-0.39, 0.29) is 22.4 Å². The van der Waals surface area contributed by atoms with E-state index in [1.807, 2.05) is 0 Å². The molecule has 3 aromatic carbocycles. The second kappa shape index (κ2) is 7.90. The summed E-state index contributed by atoms with van der Waals surface area (Å²) in [5.41, 5.74) is 0.453. The molecular formula is C21H13O5. The molecule has 5 nitrogen and oxygen atoms in total. The van der Waals surface area contributed by atoms with Gasteiger partial charge in [0.1, 0.15) is 11.5 Å². The van der Waals surface area contributed by atoms with Crippen LogP contribution >= 0.6 is 0 Å². The van der Waals surface area contributed by atoms with Gasteiger partial charge >= 0.3 is 6.16 Å². The summed E-state index contributed by atoms with van der Waals surface area (Å²) in [6, 6.07) is 21.0. The summed E-state index contributed by atoms with van der Waals surface area (Å²) >= 11 is 0. The number of benzene rings is 3. The highest BCUT2D eigenvalue weighted by Gasteiger charge is 2.19. The Morgan fingerprint density at radius 2 is 1.31 bits per heavy atom. The van der Waals surface area contributed by atoms with Crippen molar-refractivity contribution in [3.8, 4) is 11.5 Å². The number of carbonyl (C=O) groups is 2. The summed E-state index contributed by atoms with van der Waals surface area (Å²) in [5, 5.41) is 0. The average molecular weight is 345 g/mol. The lowest BCUT2D eigenvalue weighted by Crippen LogP contribution is -2.16. The normalized spacial score (nSPS) is 10.0. The number of ether oxygens (including phenoxy) is 2. The number of hydrogen-bond donors (Lipinski definition) is 0. The van der Waals surface area contributed by atoms with Gasteiger partial charge in [-0.15, -0.1) is 0 Å². The summed E-state index contributed by atoms with van der Waals surface area (Å²) in [4.78, 5) is 35.8. The van der Waals surface area contributed by atoms with E-state index in [4.69, 9.17) is 9.47 Å². The van der Waals surface area contributed by atoms with Gasteiger partial charge in [0.15, 0.2) is 5.78 Å². The predicted octanol–water partition coefficient (Wildman–Crippen LogP) is 3.95. The van der Waals surface area contributed by atoms with Crippen LogP contribution in [0.5, 0.6) is 11.5 Å². The van der Waals surface area contributed by atoms with Crippen LogP contribution in [-0.2, 0) is 4.79 Å². The van der Waals surface area contributed by atoms with Gasteiger partial charge in [0, 0.05) is 11.1 Å². The fraction of sp³-hybridized carbons (Fsp3) is 0. The minimum absolute atomic E-state index is 0.0409. The van der Waals surface area contributed by atoms with Crippen molar-refractivity contribution in [1.29, 1.82) is 0 Å². The van der Waals surface area contributed by atoms with Gasteiger partial charge < -0.3 is 9.47 Å². The van der Waals surface area contributed by atoms with E-state index in [1.165, 1.54) is 24.3 Å². The quantitative estimate of drug-likeness (QED) is 0.398. The molecule has 0 aliphatic heterocycles. The van der Waals surface area contributed by atoms with Gasteiger partial charge in [-0.3, -0.25) is 9.59 Å². The van der Waals surface area contributed by atoms with E-state index >= 15 is 0 Å². The Hall–Kier alpha value is -3.73. The van der Waals surface area contributed by atoms with Crippen molar-refractivity contribution in [3.63, 3.8) is 0 Å². The van der Waals surface area contributed by atoms with Crippen LogP contribution in [0.1, 0.15) is 21.5 Å². The van der Waals surface area contributed by atoms with Gasteiger partial charge in [0.05, 0.1) is 5.56 Å². The van der Waals surface area contributed by atoms with E-state index in [1.54, 1.807) is 60.9 Å². The van der Waals surface area contributed by atoms with E-state index in [2.05, 4.69) is 0 Å². The minimum atomic E-state index is -0.966. The third kappa shape index (κ3) is 3.84. The van der Waals surface area contributed by atoms with Crippen molar-refractivity contribution in [3.05, 3.63) is 95.6 Å². The number of para-hydroxylation sites is 2. The van der Waals surface area contributed by atoms with Gasteiger partial charge in [-0.25, -0.2) is 4.79 Å². The maximum Gasteiger partial charge on any atom is 0.519 e. The Bertz CT molecular complexity index is 947. The van der Waals surface area contributed by atoms with Crippen LogP contribution in [0.25, 0.3) is 0 Å². The highest BCUT2D eigenvalue weighted by molar-refractivity contribution is 6.14. The zero-order chi connectivity index (χ0) is 18.4. The number of carbonyl (C=O) groups excluding carboxylic acids is 3. The summed E-state index contributed by atoms with van der Waals surface area (Å²) in [6.07, 6.45) is 0.770. The highest BCUT2D eigenvalue weighted by atomic mass is 16.7. The van der Waals surface area contributed by atoms with Crippen molar-refractivity contribution in [2.45, 2.75) is 0 Å². The standard InChI is InChI=1S/C21H13O5/c22-14-15-8-4-5-11-17(15)20(23)18-12-6-7-13-19(18)26-21(24)25-16-9-2-1-3-10-16/h1-13H. The van der Waals surface area contributed by atoms with Crippen LogP contribution in [0.3, 0.4) is 0 Å². The first kappa shape index (κ1) is 17.1. The molecule has 0 unspecified atom stereocenters. The smallest absolute Gasteiger partial charge is 0.395 e. The molecule has 0 bridgehead atoms. The average Bonchev–Trinajstić information content (AvgIpc) is 2.68. The van der Waals surface area contributed by atoms with Crippen molar-refractivity contribution in [2.24, 2.45) is 0 Å². The first-order chi connectivity index (χ1) is 12.7. The number of ketones is 1. The van der Waals surface area contributed by atoms with E-state index in [0.29, 0.717) is 5.75 Å². The molecule has 3 rings (SSSR count). The van der Waals surface area contributed by atoms with Gasteiger partial charge in [-0.1, -0.05) is 54.6 Å². The molecule has 0 spiro atoms. The van der Waals surface area contributed by atoms with Gasteiger partial charge in [-0.05, 0) is 24.3 Å². The largest absolute Gasteiger partial charge is 0.519 e. The summed E-state index contributed by atoms with van der Waals surface area (Å²) in [5.74, 6) is -0.0894. The monoisotopic (exact) mass is 345 g/mol. The van der Waals surface area contributed by atoms with Gasteiger partial charge in [-0.2, -0.15) is 0 Å². The van der Waals surface area contributed by atoms with Crippen LogP contribution < -0.4 is 9.47 Å². The van der Waals surface area contributed by atoms with Gasteiger partial charge in [0.25, 0.3) is 0 Å². The molecule has 0 aliphatic carbocycles. The fourth-order valence-electron chi connectivity index (χ4n) is 2.35. The third-order valence-electron chi connectivity index (χ3n) is 3.55. The van der Waals surface area contributed by atoms with E-state index in [0.717, 1.165) is 0 Å². The van der Waals surface area contributed by atoms with Crippen LogP contribution in [0, 0.1) is 0 Å². The third-order valence-corrected chi connectivity index (χ3v) is 3.55. The minimum Gasteiger partial charge on any atom is -0.395 e. The van der Waals surface area contributed by atoms with Crippen LogP contribution in [-0.4, -0.2) is 18.2 Å². The maximum atomic E-state index is 12.8. The second-order valence-electron chi connectivity index (χ2n) is 5.24. The lowest BCUT2D eigenvalue weighted by Gasteiger charge is -2.10. The summed E-state index contributed by atoms with van der Waals surface area (Å²) in [6.45, 7) is 0. The predicted molar refractivity (Wildman–Crippen MR) is 94.2 cm³/mol. The molecule has 0 amide bonds. The summed E-state index contributed by atoms with van der Waals surface area (Å²) in [7, 11) is 0. The van der Waals surface area contributed by atoms with Crippen molar-refractivity contribution in [2.75, 3.05) is 0 Å². The Kier molecular flexibility index (Phi) is 5.19. The zero-order valence-corrected chi connectivity index (χ0v) is 13.5.